The molecule has 0 aliphatic carbocycles. The zero-order valence-electron chi connectivity index (χ0n) is 25.7. The molecule has 2 fully saturated rings. The fraction of sp³-hybridized carbons (Fsp3) is 0.444. The van der Waals surface area contributed by atoms with Crippen molar-refractivity contribution in [2.75, 3.05) is 25.0 Å². The van der Waals surface area contributed by atoms with E-state index in [0.717, 1.165) is 41.9 Å². The van der Waals surface area contributed by atoms with Gasteiger partial charge in [0.05, 0.1) is 18.8 Å². The van der Waals surface area contributed by atoms with Gasteiger partial charge < -0.3 is 29.5 Å². The molecule has 2 aliphatic heterocycles. The van der Waals surface area contributed by atoms with Gasteiger partial charge in [-0.3, -0.25) is 9.59 Å². The third kappa shape index (κ3) is 8.33. The Morgan fingerprint density at radius 3 is 2.25 bits per heavy atom. The number of carbonyl (C=O) groups is 2. The SMILES string of the molecule is CC(=O)OC(C)C(=O)Nc1cccc(C2OC(CN3CCCCCCC3)C(c3ccccc3)C(c3ccc(CO)cc3)O2)c1. The van der Waals surface area contributed by atoms with Crippen molar-refractivity contribution in [1.29, 1.82) is 0 Å². The Bertz CT molecular complexity index is 1360. The predicted molar refractivity (Wildman–Crippen MR) is 169 cm³/mol. The standard InChI is InChI=1S/C36H44N2O6/c1-25(42-26(2)40)35(41)37-31-15-11-14-30(22-31)36-43-32(23-38-20-9-4-3-5-10-21-38)33(28-12-7-6-8-13-28)34(44-36)29-18-16-27(24-39)17-19-29/h6-8,11-19,22,25,32-34,36,39H,3-5,9-10,20-21,23-24H2,1-2H3,(H,37,41). The monoisotopic (exact) mass is 600 g/mol. The van der Waals surface area contributed by atoms with Crippen LogP contribution in [0.15, 0.2) is 78.9 Å². The van der Waals surface area contributed by atoms with Gasteiger partial charge in [0.2, 0.25) is 0 Å². The molecule has 44 heavy (non-hydrogen) atoms. The molecular formula is C36H44N2O6. The minimum absolute atomic E-state index is 0.0220. The number of aliphatic hydroxyl groups excluding tert-OH is 1. The molecule has 3 aromatic carbocycles. The van der Waals surface area contributed by atoms with Crippen LogP contribution in [0.4, 0.5) is 5.69 Å². The highest BCUT2D eigenvalue weighted by molar-refractivity contribution is 5.95. The lowest BCUT2D eigenvalue weighted by Gasteiger charge is -2.44. The van der Waals surface area contributed by atoms with E-state index in [-0.39, 0.29) is 24.7 Å². The van der Waals surface area contributed by atoms with Crippen molar-refractivity contribution in [3.05, 3.63) is 101 Å². The van der Waals surface area contributed by atoms with E-state index in [2.05, 4.69) is 34.5 Å². The Balaban J connectivity index is 1.48. The topological polar surface area (TPSA) is 97.3 Å². The van der Waals surface area contributed by atoms with Gasteiger partial charge in [0.15, 0.2) is 12.4 Å². The average Bonchev–Trinajstić information content (AvgIpc) is 3.02. The lowest BCUT2D eigenvalue weighted by Crippen LogP contribution is -2.45. The number of hydrogen-bond donors (Lipinski definition) is 2. The van der Waals surface area contributed by atoms with Crippen molar-refractivity contribution in [2.24, 2.45) is 0 Å². The molecule has 0 saturated carbocycles. The minimum Gasteiger partial charge on any atom is -0.453 e. The number of esters is 1. The predicted octanol–water partition coefficient (Wildman–Crippen LogP) is 6.27. The number of anilines is 1. The maximum absolute atomic E-state index is 12.7. The number of benzene rings is 3. The van der Waals surface area contributed by atoms with Gasteiger partial charge in [-0.2, -0.15) is 0 Å². The number of nitrogens with one attached hydrogen (secondary N) is 1. The van der Waals surface area contributed by atoms with Crippen LogP contribution < -0.4 is 5.32 Å². The van der Waals surface area contributed by atoms with Gasteiger partial charge >= 0.3 is 5.97 Å². The van der Waals surface area contributed by atoms with Crippen LogP contribution in [0.1, 0.15) is 86.5 Å². The first-order valence-corrected chi connectivity index (χ1v) is 15.8. The van der Waals surface area contributed by atoms with Crippen LogP contribution in [0.5, 0.6) is 0 Å². The third-order valence-electron chi connectivity index (χ3n) is 8.50. The second-order valence-corrected chi connectivity index (χ2v) is 11.8. The van der Waals surface area contributed by atoms with Gasteiger partial charge in [0.1, 0.15) is 0 Å². The maximum Gasteiger partial charge on any atom is 0.303 e. The molecule has 3 aromatic rings. The molecule has 1 amide bonds. The minimum atomic E-state index is -0.918. The number of nitrogens with zero attached hydrogens (tertiary/aromatic N) is 1. The fourth-order valence-electron chi connectivity index (χ4n) is 6.22. The molecule has 2 aliphatic rings. The Morgan fingerprint density at radius 2 is 1.57 bits per heavy atom. The highest BCUT2D eigenvalue weighted by Crippen LogP contribution is 2.47. The number of amides is 1. The van der Waals surface area contributed by atoms with Gasteiger partial charge in [-0.05, 0) is 61.7 Å². The van der Waals surface area contributed by atoms with Crippen molar-refractivity contribution in [3.63, 3.8) is 0 Å². The van der Waals surface area contributed by atoms with Crippen LogP contribution >= 0.6 is 0 Å². The first-order chi connectivity index (χ1) is 21.4. The molecule has 0 radical (unpaired) electrons. The van der Waals surface area contributed by atoms with Crippen molar-refractivity contribution >= 4 is 17.6 Å². The second-order valence-electron chi connectivity index (χ2n) is 11.8. The van der Waals surface area contributed by atoms with Gasteiger partial charge in [-0.25, -0.2) is 0 Å². The van der Waals surface area contributed by atoms with Gasteiger partial charge in [0, 0.05) is 30.6 Å². The molecule has 8 nitrogen and oxygen atoms in total. The summed E-state index contributed by atoms with van der Waals surface area (Å²) in [5, 5.41) is 12.5. The van der Waals surface area contributed by atoms with Crippen molar-refractivity contribution in [2.45, 2.75) is 83.1 Å². The van der Waals surface area contributed by atoms with E-state index in [4.69, 9.17) is 14.2 Å². The number of aliphatic hydroxyl groups is 1. The number of ether oxygens (including phenoxy) is 3. The van der Waals surface area contributed by atoms with Gasteiger partial charge in [-0.1, -0.05) is 86.0 Å². The Labute approximate surface area is 260 Å². The Hall–Kier alpha value is -3.56. The van der Waals surface area contributed by atoms with E-state index in [0.29, 0.717) is 5.69 Å². The molecule has 2 N–H and O–H groups in total. The molecular weight excluding hydrogens is 556 g/mol. The van der Waals surface area contributed by atoms with Crippen LogP contribution in [-0.4, -0.2) is 53.7 Å². The van der Waals surface area contributed by atoms with Gasteiger partial charge in [-0.15, -0.1) is 0 Å². The van der Waals surface area contributed by atoms with E-state index in [9.17, 15) is 14.7 Å². The molecule has 5 rings (SSSR count). The zero-order valence-corrected chi connectivity index (χ0v) is 25.7. The quantitative estimate of drug-likeness (QED) is 0.279. The number of carbonyl (C=O) groups excluding carboxylic acids is 2. The summed E-state index contributed by atoms with van der Waals surface area (Å²) >= 11 is 0. The van der Waals surface area contributed by atoms with Crippen LogP contribution in [0.25, 0.3) is 0 Å². The summed E-state index contributed by atoms with van der Waals surface area (Å²) < 4.78 is 18.8. The molecule has 0 bridgehead atoms. The lowest BCUT2D eigenvalue weighted by atomic mass is 9.83. The molecule has 2 saturated heterocycles. The van der Waals surface area contributed by atoms with E-state index < -0.39 is 24.3 Å². The highest BCUT2D eigenvalue weighted by Gasteiger charge is 2.42. The van der Waals surface area contributed by atoms with E-state index in [1.54, 1.807) is 13.0 Å². The Morgan fingerprint density at radius 1 is 0.886 bits per heavy atom. The van der Waals surface area contributed by atoms with Crippen LogP contribution in [0.2, 0.25) is 0 Å². The van der Waals surface area contributed by atoms with Crippen LogP contribution in [-0.2, 0) is 30.4 Å². The summed E-state index contributed by atoms with van der Waals surface area (Å²) in [5.74, 6) is -0.989. The molecule has 8 heteroatoms. The van der Waals surface area contributed by atoms with E-state index >= 15 is 0 Å². The first kappa shape index (κ1) is 31.9. The van der Waals surface area contributed by atoms with Crippen LogP contribution in [0.3, 0.4) is 0 Å². The van der Waals surface area contributed by atoms with Crippen molar-refractivity contribution in [3.8, 4) is 0 Å². The smallest absolute Gasteiger partial charge is 0.303 e. The maximum atomic E-state index is 12.7. The number of likely N-dealkylation sites (tertiary alicyclic amines) is 1. The largest absolute Gasteiger partial charge is 0.453 e. The highest BCUT2D eigenvalue weighted by atomic mass is 16.7. The summed E-state index contributed by atoms with van der Waals surface area (Å²) in [7, 11) is 0. The summed E-state index contributed by atoms with van der Waals surface area (Å²) in [6.45, 7) is 5.67. The first-order valence-electron chi connectivity index (χ1n) is 15.8. The van der Waals surface area contributed by atoms with Gasteiger partial charge in [0.25, 0.3) is 5.91 Å². The average molecular weight is 601 g/mol. The summed E-state index contributed by atoms with van der Waals surface area (Å²) in [6.07, 6.45) is 4.10. The van der Waals surface area contributed by atoms with Crippen molar-refractivity contribution in [1.82, 2.24) is 4.90 Å². The summed E-state index contributed by atoms with van der Waals surface area (Å²) in [6, 6.07) is 25.8. The van der Waals surface area contributed by atoms with Crippen LogP contribution in [0, 0.1) is 0 Å². The second kappa shape index (κ2) is 15.4. The number of rotatable bonds is 9. The summed E-state index contributed by atoms with van der Waals surface area (Å²) in [5.41, 5.74) is 4.36. The zero-order chi connectivity index (χ0) is 30.9. The van der Waals surface area contributed by atoms with E-state index in [1.807, 2.05) is 48.5 Å². The molecule has 0 spiro atoms. The van der Waals surface area contributed by atoms with Crippen molar-refractivity contribution < 1.29 is 28.9 Å². The fourth-order valence-corrected chi connectivity index (χ4v) is 6.22. The molecule has 2 heterocycles. The molecule has 0 aromatic heterocycles. The lowest BCUT2D eigenvalue weighted by molar-refractivity contribution is -0.263. The number of hydrogen-bond acceptors (Lipinski definition) is 7. The molecule has 234 valence electrons. The summed E-state index contributed by atoms with van der Waals surface area (Å²) in [4.78, 5) is 26.6. The normalized spacial score (nSPS) is 23.6. The van der Waals surface area contributed by atoms with E-state index in [1.165, 1.54) is 39.0 Å². The molecule has 5 unspecified atom stereocenters. The Kier molecular flexibility index (Phi) is 11.2. The molecule has 5 atom stereocenters. The third-order valence-corrected chi connectivity index (χ3v) is 8.50.